The van der Waals surface area contributed by atoms with Crippen molar-refractivity contribution in [1.82, 2.24) is 0 Å². The van der Waals surface area contributed by atoms with Crippen LogP contribution >= 0.6 is 27.7 Å². The molecule has 0 aliphatic rings. The van der Waals surface area contributed by atoms with Crippen molar-refractivity contribution in [3.05, 3.63) is 71.4 Å². The molecule has 0 aliphatic heterocycles. The molecular formula is C14H10BrFS. The maximum Gasteiger partial charge on any atom is 0.123 e. The normalized spacial score (nSPS) is 11.5. The summed E-state index contributed by atoms with van der Waals surface area (Å²) in [4.78, 5) is 1.01. The molecule has 0 amide bonds. The standard InChI is InChI=1S/C14H10BrFS/c15-14(11-4-2-1-3-5-11)10-17-13-8-6-12(16)7-9-13/h1-10H/b14-10+. The molecule has 0 N–H and O–H groups in total. The summed E-state index contributed by atoms with van der Waals surface area (Å²) in [6, 6.07) is 16.5. The fourth-order valence-electron chi connectivity index (χ4n) is 1.30. The van der Waals surface area contributed by atoms with Gasteiger partial charge in [0.1, 0.15) is 5.82 Å². The highest BCUT2D eigenvalue weighted by Gasteiger charge is 1.97. The van der Waals surface area contributed by atoms with E-state index in [4.69, 9.17) is 0 Å². The third-order valence-corrected chi connectivity index (χ3v) is 4.05. The van der Waals surface area contributed by atoms with Crippen LogP contribution in [0.15, 0.2) is 64.9 Å². The summed E-state index contributed by atoms with van der Waals surface area (Å²) in [6.07, 6.45) is 0. The minimum Gasteiger partial charge on any atom is -0.207 e. The zero-order chi connectivity index (χ0) is 12.1. The lowest BCUT2D eigenvalue weighted by Crippen LogP contribution is -1.75. The van der Waals surface area contributed by atoms with Crippen LogP contribution in [0.3, 0.4) is 0 Å². The zero-order valence-corrected chi connectivity index (χ0v) is 11.3. The first-order valence-corrected chi connectivity index (χ1v) is 6.76. The van der Waals surface area contributed by atoms with Crippen LogP contribution in [-0.4, -0.2) is 0 Å². The summed E-state index contributed by atoms with van der Waals surface area (Å²) < 4.78 is 13.7. The molecule has 0 saturated carbocycles. The van der Waals surface area contributed by atoms with Gasteiger partial charge in [-0.3, -0.25) is 0 Å². The van der Waals surface area contributed by atoms with Gasteiger partial charge in [0.05, 0.1) is 0 Å². The fraction of sp³-hybridized carbons (Fsp3) is 0. The lowest BCUT2D eigenvalue weighted by atomic mass is 10.2. The van der Waals surface area contributed by atoms with E-state index in [1.165, 1.54) is 12.1 Å². The number of thioether (sulfide) groups is 1. The second-order valence-electron chi connectivity index (χ2n) is 3.40. The molecule has 86 valence electrons. The highest BCUT2D eigenvalue weighted by atomic mass is 79.9. The van der Waals surface area contributed by atoms with E-state index in [0.717, 1.165) is 14.9 Å². The van der Waals surface area contributed by atoms with Crippen molar-refractivity contribution in [1.29, 1.82) is 0 Å². The van der Waals surface area contributed by atoms with Crippen molar-refractivity contribution in [2.75, 3.05) is 0 Å². The third kappa shape index (κ3) is 3.72. The van der Waals surface area contributed by atoms with Gasteiger partial charge in [-0.15, -0.1) is 0 Å². The summed E-state index contributed by atoms with van der Waals surface area (Å²) in [6.45, 7) is 0. The first-order valence-electron chi connectivity index (χ1n) is 5.09. The summed E-state index contributed by atoms with van der Waals surface area (Å²) >= 11 is 5.08. The van der Waals surface area contributed by atoms with Crippen molar-refractivity contribution >= 4 is 32.2 Å². The molecule has 0 atom stereocenters. The van der Waals surface area contributed by atoms with Gasteiger partial charge in [-0.25, -0.2) is 4.39 Å². The highest BCUT2D eigenvalue weighted by molar-refractivity contribution is 9.15. The number of benzene rings is 2. The first kappa shape index (κ1) is 12.4. The second kappa shape index (κ2) is 6.03. The minimum absolute atomic E-state index is 0.208. The molecule has 0 unspecified atom stereocenters. The molecule has 0 heterocycles. The molecule has 3 heteroatoms. The van der Waals surface area contributed by atoms with Crippen LogP contribution in [0.4, 0.5) is 4.39 Å². The number of hydrogen-bond donors (Lipinski definition) is 0. The topological polar surface area (TPSA) is 0 Å². The van der Waals surface area contributed by atoms with Crippen LogP contribution in [-0.2, 0) is 0 Å². The van der Waals surface area contributed by atoms with Gasteiger partial charge in [-0.2, -0.15) is 0 Å². The Morgan fingerprint density at radius 3 is 2.29 bits per heavy atom. The van der Waals surface area contributed by atoms with E-state index in [9.17, 15) is 4.39 Å². The zero-order valence-electron chi connectivity index (χ0n) is 8.94. The summed E-state index contributed by atoms with van der Waals surface area (Å²) in [5, 5.41) is 2.00. The van der Waals surface area contributed by atoms with E-state index in [1.807, 2.05) is 35.7 Å². The van der Waals surface area contributed by atoms with Crippen LogP contribution in [0, 0.1) is 5.82 Å². The van der Waals surface area contributed by atoms with E-state index in [2.05, 4.69) is 15.9 Å². The Hall–Kier alpha value is -1.06. The number of hydrogen-bond acceptors (Lipinski definition) is 1. The van der Waals surface area contributed by atoms with E-state index in [1.54, 1.807) is 23.9 Å². The second-order valence-corrected chi connectivity index (χ2v) is 5.20. The van der Waals surface area contributed by atoms with Gasteiger partial charge in [-0.1, -0.05) is 42.1 Å². The largest absolute Gasteiger partial charge is 0.207 e. The van der Waals surface area contributed by atoms with E-state index >= 15 is 0 Å². The average Bonchev–Trinajstić information content (AvgIpc) is 2.39. The van der Waals surface area contributed by atoms with E-state index in [0.29, 0.717) is 0 Å². The number of rotatable bonds is 3. The Balaban J connectivity index is 2.08. The van der Waals surface area contributed by atoms with Crippen LogP contribution in [0.25, 0.3) is 4.48 Å². The Bertz CT molecular complexity index is 506. The van der Waals surface area contributed by atoms with Gasteiger partial charge in [0.2, 0.25) is 0 Å². The lowest BCUT2D eigenvalue weighted by Gasteiger charge is -2.00. The van der Waals surface area contributed by atoms with Gasteiger partial charge >= 0.3 is 0 Å². The maximum absolute atomic E-state index is 12.7. The van der Waals surface area contributed by atoms with Crippen molar-refractivity contribution < 1.29 is 4.39 Å². The quantitative estimate of drug-likeness (QED) is 0.692. The average molecular weight is 309 g/mol. The molecule has 0 radical (unpaired) electrons. The molecule has 0 spiro atoms. The van der Waals surface area contributed by atoms with Gasteiger partial charge in [0.25, 0.3) is 0 Å². The molecule has 2 rings (SSSR count). The highest BCUT2D eigenvalue weighted by Crippen LogP contribution is 2.28. The van der Waals surface area contributed by atoms with Gasteiger partial charge in [0, 0.05) is 9.38 Å². The van der Waals surface area contributed by atoms with Gasteiger partial charge in [-0.05, 0) is 51.2 Å². The van der Waals surface area contributed by atoms with Gasteiger partial charge < -0.3 is 0 Å². The molecule has 2 aromatic carbocycles. The molecule has 17 heavy (non-hydrogen) atoms. The molecule has 0 fully saturated rings. The van der Waals surface area contributed by atoms with Crippen molar-refractivity contribution in [2.45, 2.75) is 4.90 Å². The van der Waals surface area contributed by atoms with Crippen LogP contribution in [0.2, 0.25) is 0 Å². The van der Waals surface area contributed by atoms with Crippen LogP contribution < -0.4 is 0 Å². The SMILES string of the molecule is Fc1ccc(S/C=C(/Br)c2ccccc2)cc1. The molecule has 0 bridgehead atoms. The predicted molar refractivity (Wildman–Crippen MR) is 75.6 cm³/mol. The van der Waals surface area contributed by atoms with E-state index in [-0.39, 0.29) is 5.82 Å². The minimum atomic E-state index is -0.208. The third-order valence-electron chi connectivity index (χ3n) is 2.16. The predicted octanol–water partition coefficient (Wildman–Crippen LogP) is 5.31. The monoisotopic (exact) mass is 308 g/mol. The molecule has 2 aromatic rings. The molecule has 0 aromatic heterocycles. The molecule has 0 nitrogen and oxygen atoms in total. The molecular weight excluding hydrogens is 299 g/mol. The Morgan fingerprint density at radius 1 is 1.00 bits per heavy atom. The van der Waals surface area contributed by atoms with Crippen molar-refractivity contribution in [2.24, 2.45) is 0 Å². The van der Waals surface area contributed by atoms with Crippen molar-refractivity contribution in [3.63, 3.8) is 0 Å². The summed E-state index contributed by atoms with van der Waals surface area (Å²) in [5.74, 6) is -0.208. The number of halogens is 2. The van der Waals surface area contributed by atoms with Crippen LogP contribution in [0.1, 0.15) is 5.56 Å². The molecule has 0 saturated heterocycles. The smallest absolute Gasteiger partial charge is 0.123 e. The Kier molecular flexibility index (Phi) is 4.40. The fourth-order valence-corrected chi connectivity index (χ4v) is 2.51. The Labute approximate surface area is 113 Å². The summed E-state index contributed by atoms with van der Waals surface area (Å²) in [5.41, 5.74) is 1.13. The van der Waals surface area contributed by atoms with Gasteiger partial charge in [0.15, 0.2) is 0 Å². The first-order chi connectivity index (χ1) is 8.25. The Morgan fingerprint density at radius 2 is 1.65 bits per heavy atom. The maximum atomic E-state index is 12.7. The summed E-state index contributed by atoms with van der Waals surface area (Å²) in [7, 11) is 0. The van der Waals surface area contributed by atoms with Crippen LogP contribution in [0.5, 0.6) is 0 Å². The van der Waals surface area contributed by atoms with Crippen molar-refractivity contribution in [3.8, 4) is 0 Å². The van der Waals surface area contributed by atoms with E-state index < -0.39 is 0 Å². The lowest BCUT2D eigenvalue weighted by molar-refractivity contribution is 0.626. The molecule has 0 aliphatic carbocycles.